The molecule has 0 saturated carbocycles. The van der Waals surface area contributed by atoms with E-state index in [0.29, 0.717) is 13.0 Å². The van der Waals surface area contributed by atoms with Gasteiger partial charge in [0.05, 0.1) is 6.54 Å². The molecule has 1 unspecified atom stereocenters. The predicted octanol–water partition coefficient (Wildman–Crippen LogP) is 3.04. The van der Waals surface area contributed by atoms with Crippen molar-refractivity contribution in [3.63, 3.8) is 0 Å². The van der Waals surface area contributed by atoms with Crippen LogP contribution in [0.3, 0.4) is 0 Å². The Morgan fingerprint density at radius 3 is 2.58 bits per heavy atom. The first-order valence-electron chi connectivity index (χ1n) is 9.15. The summed E-state index contributed by atoms with van der Waals surface area (Å²) in [5, 5.41) is 6.34. The van der Waals surface area contributed by atoms with Crippen molar-refractivity contribution < 1.29 is 9.59 Å². The number of carbonyl (C=O) groups excluding carboxylic acids is 2. The third-order valence-electron chi connectivity index (χ3n) is 5.31. The van der Waals surface area contributed by atoms with Crippen LogP contribution in [0, 0.1) is 0 Å². The van der Waals surface area contributed by atoms with Crippen LogP contribution in [0.2, 0.25) is 0 Å². The number of benzene rings is 2. The highest BCUT2D eigenvalue weighted by Gasteiger charge is 2.51. The number of urea groups is 1. The summed E-state index contributed by atoms with van der Waals surface area (Å²) in [5.74, 6) is -0.154. The Morgan fingerprint density at radius 1 is 1.04 bits per heavy atom. The van der Waals surface area contributed by atoms with Crippen molar-refractivity contribution in [2.75, 3.05) is 0 Å². The van der Waals surface area contributed by atoms with E-state index < -0.39 is 5.54 Å². The SMILES string of the molecule is CCCC1(c2ccc3c(c2)CNC3)NC(=O)N(Cc2ccccc2)C1=O. The van der Waals surface area contributed by atoms with Crippen LogP contribution in [-0.2, 0) is 30.0 Å². The maximum absolute atomic E-state index is 13.4. The van der Waals surface area contributed by atoms with Crippen LogP contribution in [0.5, 0.6) is 0 Å². The summed E-state index contributed by atoms with van der Waals surface area (Å²) in [6.07, 6.45) is 1.40. The first-order chi connectivity index (χ1) is 12.6. The van der Waals surface area contributed by atoms with Gasteiger partial charge in [-0.05, 0) is 28.7 Å². The molecule has 2 aromatic rings. The molecule has 2 N–H and O–H groups in total. The van der Waals surface area contributed by atoms with Crippen molar-refractivity contribution in [3.8, 4) is 0 Å². The number of carbonyl (C=O) groups is 2. The molecule has 0 aliphatic carbocycles. The van der Waals surface area contributed by atoms with Crippen molar-refractivity contribution in [3.05, 3.63) is 70.8 Å². The van der Waals surface area contributed by atoms with Crippen LogP contribution in [0.1, 0.15) is 42.0 Å². The molecule has 2 heterocycles. The first kappa shape index (κ1) is 16.8. The zero-order valence-corrected chi connectivity index (χ0v) is 14.9. The van der Waals surface area contributed by atoms with Crippen LogP contribution in [-0.4, -0.2) is 16.8 Å². The van der Waals surface area contributed by atoms with Crippen molar-refractivity contribution in [2.24, 2.45) is 0 Å². The van der Waals surface area contributed by atoms with E-state index in [2.05, 4.69) is 22.8 Å². The molecule has 5 nitrogen and oxygen atoms in total. The number of amides is 3. The summed E-state index contributed by atoms with van der Waals surface area (Å²) in [5.41, 5.74) is 3.34. The second-order valence-electron chi connectivity index (χ2n) is 7.05. The maximum Gasteiger partial charge on any atom is 0.325 e. The molecule has 134 valence electrons. The number of fused-ring (bicyclic) bond motifs is 1. The highest BCUT2D eigenvalue weighted by molar-refractivity contribution is 6.07. The van der Waals surface area contributed by atoms with Crippen LogP contribution in [0.15, 0.2) is 48.5 Å². The molecule has 0 spiro atoms. The van der Waals surface area contributed by atoms with E-state index in [9.17, 15) is 9.59 Å². The first-order valence-corrected chi connectivity index (χ1v) is 9.15. The van der Waals surface area contributed by atoms with Gasteiger partial charge in [0.15, 0.2) is 0 Å². The lowest BCUT2D eigenvalue weighted by Gasteiger charge is -2.27. The summed E-state index contributed by atoms with van der Waals surface area (Å²) in [4.78, 5) is 27.4. The number of imide groups is 1. The lowest BCUT2D eigenvalue weighted by atomic mass is 9.84. The zero-order valence-electron chi connectivity index (χ0n) is 14.9. The van der Waals surface area contributed by atoms with Gasteiger partial charge in [0.1, 0.15) is 5.54 Å². The second-order valence-corrected chi connectivity index (χ2v) is 7.05. The highest BCUT2D eigenvalue weighted by Crippen LogP contribution is 2.36. The fraction of sp³-hybridized carbons (Fsp3) is 0.333. The quantitative estimate of drug-likeness (QED) is 0.816. The standard InChI is InChI=1S/C21H23N3O2/c1-2-10-21(18-9-8-16-12-22-13-17(16)11-18)19(25)24(20(26)23-21)14-15-6-4-3-5-7-15/h3-9,11,22H,2,10,12-14H2,1H3,(H,23,26). The van der Waals surface area contributed by atoms with Gasteiger partial charge < -0.3 is 10.6 Å². The lowest BCUT2D eigenvalue weighted by molar-refractivity contribution is -0.132. The fourth-order valence-electron chi connectivity index (χ4n) is 3.98. The van der Waals surface area contributed by atoms with Gasteiger partial charge in [-0.1, -0.05) is 61.9 Å². The lowest BCUT2D eigenvalue weighted by Crippen LogP contribution is -2.44. The summed E-state index contributed by atoms with van der Waals surface area (Å²) >= 11 is 0. The van der Waals surface area contributed by atoms with Crippen molar-refractivity contribution in [1.29, 1.82) is 0 Å². The van der Waals surface area contributed by atoms with Gasteiger partial charge >= 0.3 is 6.03 Å². The van der Waals surface area contributed by atoms with Crippen LogP contribution in [0.4, 0.5) is 4.79 Å². The topological polar surface area (TPSA) is 61.4 Å². The summed E-state index contributed by atoms with van der Waals surface area (Å²) < 4.78 is 0. The second kappa shape index (κ2) is 6.57. The van der Waals surface area contributed by atoms with Crippen LogP contribution in [0.25, 0.3) is 0 Å². The summed E-state index contributed by atoms with van der Waals surface area (Å²) in [6.45, 7) is 4.00. The van der Waals surface area contributed by atoms with Gasteiger partial charge in [0, 0.05) is 13.1 Å². The Balaban J connectivity index is 1.69. The number of nitrogens with one attached hydrogen (secondary N) is 2. The molecule has 1 saturated heterocycles. The Bertz CT molecular complexity index is 850. The minimum Gasteiger partial charge on any atom is -0.319 e. The molecule has 0 bridgehead atoms. The smallest absolute Gasteiger partial charge is 0.319 e. The van der Waals surface area contributed by atoms with Crippen molar-refractivity contribution >= 4 is 11.9 Å². The minimum atomic E-state index is -0.960. The molecular weight excluding hydrogens is 326 g/mol. The van der Waals surface area contributed by atoms with E-state index in [1.807, 2.05) is 43.3 Å². The third-order valence-corrected chi connectivity index (χ3v) is 5.31. The Hall–Kier alpha value is -2.66. The van der Waals surface area contributed by atoms with Gasteiger partial charge in [0.2, 0.25) is 0 Å². The molecule has 5 heteroatoms. The predicted molar refractivity (Wildman–Crippen MR) is 99.1 cm³/mol. The molecule has 0 aromatic heterocycles. The Kier molecular flexibility index (Phi) is 4.24. The van der Waals surface area contributed by atoms with Gasteiger partial charge in [-0.3, -0.25) is 9.69 Å². The number of hydrogen-bond donors (Lipinski definition) is 2. The molecule has 1 fully saturated rings. The average Bonchev–Trinajstić information content (AvgIpc) is 3.21. The van der Waals surface area contributed by atoms with E-state index in [4.69, 9.17) is 0 Å². The number of rotatable bonds is 5. The van der Waals surface area contributed by atoms with E-state index in [1.54, 1.807) is 0 Å². The maximum atomic E-state index is 13.4. The molecular formula is C21H23N3O2. The summed E-state index contributed by atoms with van der Waals surface area (Å²) in [7, 11) is 0. The highest BCUT2D eigenvalue weighted by atomic mass is 16.2. The molecule has 2 aromatic carbocycles. The molecule has 1 atom stereocenters. The number of hydrogen-bond acceptors (Lipinski definition) is 3. The van der Waals surface area contributed by atoms with E-state index in [-0.39, 0.29) is 11.9 Å². The molecule has 2 aliphatic heterocycles. The Labute approximate surface area is 153 Å². The molecule has 2 aliphatic rings. The van der Waals surface area contributed by atoms with Gasteiger partial charge in [-0.2, -0.15) is 0 Å². The largest absolute Gasteiger partial charge is 0.325 e. The fourth-order valence-corrected chi connectivity index (χ4v) is 3.98. The normalized spacial score (nSPS) is 21.8. The van der Waals surface area contributed by atoms with E-state index in [1.165, 1.54) is 16.0 Å². The minimum absolute atomic E-state index is 0.154. The number of nitrogens with zero attached hydrogens (tertiary/aromatic N) is 1. The average molecular weight is 349 g/mol. The van der Waals surface area contributed by atoms with E-state index >= 15 is 0 Å². The molecule has 26 heavy (non-hydrogen) atoms. The molecule has 4 rings (SSSR count). The van der Waals surface area contributed by atoms with Gasteiger partial charge in [0.25, 0.3) is 5.91 Å². The van der Waals surface area contributed by atoms with Crippen molar-refractivity contribution in [1.82, 2.24) is 15.5 Å². The zero-order chi connectivity index (χ0) is 18.1. The van der Waals surface area contributed by atoms with Gasteiger partial charge in [-0.25, -0.2) is 4.79 Å². The Morgan fingerprint density at radius 2 is 1.81 bits per heavy atom. The van der Waals surface area contributed by atoms with Crippen LogP contribution < -0.4 is 10.6 Å². The van der Waals surface area contributed by atoms with Crippen molar-refractivity contribution in [2.45, 2.75) is 44.9 Å². The van der Waals surface area contributed by atoms with Crippen LogP contribution >= 0.6 is 0 Å². The molecule has 3 amide bonds. The monoisotopic (exact) mass is 349 g/mol. The third kappa shape index (κ3) is 2.69. The van der Waals surface area contributed by atoms with E-state index in [0.717, 1.165) is 30.6 Å². The molecule has 0 radical (unpaired) electrons. The summed E-state index contributed by atoms with van der Waals surface area (Å²) in [6, 6.07) is 15.5. The van der Waals surface area contributed by atoms with Gasteiger partial charge in [-0.15, -0.1) is 0 Å².